The number of hydrogen-bond donors (Lipinski definition) is 1. The molecule has 2 heterocycles. The van der Waals surface area contributed by atoms with Crippen molar-refractivity contribution in [1.29, 1.82) is 5.26 Å². The van der Waals surface area contributed by atoms with Crippen LogP contribution in [0.15, 0.2) is 47.0 Å². The Bertz CT molecular complexity index is 1230. The number of hydrogen-bond acceptors (Lipinski definition) is 7. The van der Waals surface area contributed by atoms with Crippen molar-refractivity contribution in [3.8, 4) is 34.8 Å². The number of aromatic amines is 1. The number of fused-ring (bicyclic) bond motifs is 1. The van der Waals surface area contributed by atoms with Crippen LogP contribution in [0.5, 0.6) is 5.75 Å². The molecule has 4 rings (SSSR count). The summed E-state index contributed by atoms with van der Waals surface area (Å²) >= 11 is 0. The molecule has 0 fully saturated rings. The highest BCUT2D eigenvalue weighted by Gasteiger charge is 2.20. The topological polar surface area (TPSA) is 114 Å². The van der Waals surface area contributed by atoms with Crippen LogP contribution in [-0.2, 0) is 4.74 Å². The molecular weight excluding hydrogens is 360 g/mol. The van der Waals surface area contributed by atoms with Gasteiger partial charge in [-0.05, 0) is 24.3 Å². The minimum atomic E-state index is -0.457. The molecule has 0 unspecified atom stereocenters. The van der Waals surface area contributed by atoms with Crippen molar-refractivity contribution in [2.24, 2.45) is 0 Å². The van der Waals surface area contributed by atoms with Crippen LogP contribution < -0.4 is 4.74 Å². The summed E-state index contributed by atoms with van der Waals surface area (Å²) in [5.41, 5.74) is 2.51. The Labute approximate surface area is 159 Å². The van der Waals surface area contributed by atoms with Crippen molar-refractivity contribution < 1.29 is 18.8 Å². The number of esters is 1. The fourth-order valence-corrected chi connectivity index (χ4v) is 2.93. The van der Waals surface area contributed by atoms with E-state index >= 15 is 0 Å². The van der Waals surface area contributed by atoms with Gasteiger partial charge in [0, 0.05) is 17.0 Å². The Hall–Kier alpha value is -4.12. The van der Waals surface area contributed by atoms with Gasteiger partial charge in [0.2, 0.25) is 5.82 Å². The van der Waals surface area contributed by atoms with Crippen molar-refractivity contribution in [3.05, 3.63) is 53.6 Å². The van der Waals surface area contributed by atoms with Crippen LogP contribution in [0.25, 0.3) is 33.9 Å². The SMILES string of the molecule is COC(=O)c1cccc(-c2noc(-c3[nH]c4cc(OC)ccc4c3C#N)n2)c1. The second-order valence-electron chi connectivity index (χ2n) is 5.89. The van der Waals surface area contributed by atoms with Gasteiger partial charge in [0.15, 0.2) is 0 Å². The number of ether oxygens (including phenoxy) is 2. The van der Waals surface area contributed by atoms with E-state index in [1.807, 2.05) is 0 Å². The maximum absolute atomic E-state index is 11.7. The minimum Gasteiger partial charge on any atom is -0.497 e. The molecule has 0 bridgehead atoms. The lowest BCUT2D eigenvalue weighted by Crippen LogP contribution is -2.00. The van der Waals surface area contributed by atoms with Crippen LogP contribution >= 0.6 is 0 Å². The van der Waals surface area contributed by atoms with Crippen molar-refractivity contribution in [2.45, 2.75) is 0 Å². The van der Waals surface area contributed by atoms with E-state index in [0.717, 1.165) is 10.9 Å². The number of aromatic nitrogens is 3. The normalized spacial score (nSPS) is 10.6. The van der Waals surface area contributed by atoms with Gasteiger partial charge in [0.1, 0.15) is 17.5 Å². The lowest BCUT2D eigenvalue weighted by atomic mass is 10.1. The molecule has 4 aromatic rings. The fourth-order valence-electron chi connectivity index (χ4n) is 2.93. The summed E-state index contributed by atoms with van der Waals surface area (Å²) in [4.78, 5) is 19.2. The third-order valence-electron chi connectivity index (χ3n) is 4.30. The summed E-state index contributed by atoms with van der Waals surface area (Å²) in [5, 5.41) is 14.3. The third-order valence-corrected chi connectivity index (χ3v) is 4.30. The predicted octanol–water partition coefficient (Wildman–Crippen LogP) is 3.55. The van der Waals surface area contributed by atoms with Gasteiger partial charge in [0.25, 0.3) is 5.89 Å². The van der Waals surface area contributed by atoms with Crippen LogP contribution in [0, 0.1) is 11.3 Å². The van der Waals surface area contributed by atoms with Gasteiger partial charge in [-0.1, -0.05) is 17.3 Å². The second kappa shape index (κ2) is 6.89. The number of nitriles is 1. The first-order valence-electron chi connectivity index (χ1n) is 8.27. The number of carbonyl (C=O) groups excluding carboxylic acids is 1. The number of nitrogens with one attached hydrogen (secondary N) is 1. The molecule has 1 N–H and O–H groups in total. The highest BCUT2D eigenvalue weighted by molar-refractivity contribution is 5.93. The van der Waals surface area contributed by atoms with Crippen molar-refractivity contribution in [1.82, 2.24) is 15.1 Å². The van der Waals surface area contributed by atoms with Crippen molar-refractivity contribution >= 4 is 16.9 Å². The summed E-state index contributed by atoms with van der Waals surface area (Å²) in [5.74, 6) is 0.670. The predicted molar refractivity (Wildman–Crippen MR) is 99.6 cm³/mol. The van der Waals surface area contributed by atoms with E-state index in [4.69, 9.17) is 14.0 Å². The summed E-state index contributed by atoms with van der Waals surface area (Å²) in [6.07, 6.45) is 0. The standard InChI is InChI=1S/C20H14N4O4/c1-26-13-6-7-14-15(10-21)17(22-16(14)9-13)19-23-18(24-28-19)11-4-3-5-12(8-11)20(25)27-2/h3-9,22H,1-2H3. The summed E-state index contributed by atoms with van der Waals surface area (Å²) in [6.45, 7) is 0. The maximum Gasteiger partial charge on any atom is 0.337 e. The van der Waals surface area contributed by atoms with Gasteiger partial charge < -0.3 is 19.0 Å². The molecule has 8 nitrogen and oxygen atoms in total. The van der Waals surface area contributed by atoms with Crippen LogP contribution in [0.3, 0.4) is 0 Å². The van der Waals surface area contributed by atoms with Crippen LogP contribution in [0.4, 0.5) is 0 Å². The second-order valence-corrected chi connectivity index (χ2v) is 5.89. The highest BCUT2D eigenvalue weighted by Crippen LogP contribution is 2.32. The third kappa shape index (κ3) is 2.85. The number of benzene rings is 2. The monoisotopic (exact) mass is 374 g/mol. The number of nitrogens with zero attached hydrogens (tertiary/aromatic N) is 3. The zero-order chi connectivity index (χ0) is 19.7. The molecule has 2 aromatic carbocycles. The van der Waals surface area contributed by atoms with Crippen LogP contribution in [0.1, 0.15) is 15.9 Å². The highest BCUT2D eigenvalue weighted by atomic mass is 16.5. The van der Waals surface area contributed by atoms with Gasteiger partial charge >= 0.3 is 5.97 Å². The van der Waals surface area contributed by atoms with E-state index in [2.05, 4.69) is 21.2 Å². The largest absolute Gasteiger partial charge is 0.497 e. The molecule has 0 spiro atoms. The minimum absolute atomic E-state index is 0.171. The number of methoxy groups -OCH3 is 2. The molecule has 0 amide bonds. The van der Waals surface area contributed by atoms with Gasteiger partial charge in [-0.15, -0.1) is 0 Å². The van der Waals surface area contributed by atoms with Crippen molar-refractivity contribution in [3.63, 3.8) is 0 Å². The molecule has 0 saturated heterocycles. The molecule has 28 heavy (non-hydrogen) atoms. The zero-order valence-corrected chi connectivity index (χ0v) is 15.0. The lowest BCUT2D eigenvalue weighted by Gasteiger charge is -2.00. The van der Waals surface area contributed by atoms with Gasteiger partial charge in [-0.3, -0.25) is 0 Å². The molecule has 138 valence electrons. The smallest absolute Gasteiger partial charge is 0.337 e. The fraction of sp³-hybridized carbons (Fsp3) is 0.100. The van der Waals surface area contributed by atoms with Crippen LogP contribution in [0.2, 0.25) is 0 Å². The van der Waals surface area contributed by atoms with E-state index in [1.165, 1.54) is 7.11 Å². The number of carbonyl (C=O) groups is 1. The summed E-state index contributed by atoms with van der Waals surface area (Å²) in [7, 11) is 2.89. The van der Waals surface area contributed by atoms with E-state index in [9.17, 15) is 10.1 Å². The van der Waals surface area contributed by atoms with Gasteiger partial charge in [-0.25, -0.2) is 4.79 Å². The quantitative estimate of drug-likeness (QED) is 0.543. The Balaban J connectivity index is 1.78. The molecule has 0 aliphatic rings. The Morgan fingerprint density at radius 3 is 2.82 bits per heavy atom. The molecule has 2 aromatic heterocycles. The Morgan fingerprint density at radius 2 is 2.07 bits per heavy atom. The molecule has 0 saturated carbocycles. The number of H-pyrrole nitrogens is 1. The van der Waals surface area contributed by atoms with E-state index in [0.29, 0.717) is 34.0 Å². The van der Waals surface area contributed by atoms with Crippen LogP contribution in [-0.4, -0.2) is 35.3 Å². The number of rotatable bonds is 4. The van der Waals surface area contributed by atoms with Gasteiger partial charge in [-0.2, -0.15) is 10.2 Å². The molecule has 0 atom stereocenters. The first kappa shape index (κ1) is 17.3. The average molecular weight is 374 g/mol. The first-order chi connectivity index (χ1) is 13.6. The van der Waals surface area contributed by atoms with Crippen molar-refractivity contribution in [2.75, 3.05) is 14.2 Å². The molecular formula is C20H14N4O4. The van der Waals surface area contributed by atoms with E-state index in [1.54, 1.807) is 49.6 Å². The van der Waals surface area contributed by atoms with Gasteiger partial charge in [0.05, 0.1) is 30.9 Å². The lowest BCUT2D eigenvalue weighted by molar-refractivity contribution is 0.0601. The van der Waals surface area contributed by atoms with E-state index < -0.39 is 5.97 Å². The zero-order valence-electron chi connectivity index (χ0n) is 15.0. The maximum atomic E-state index is 11.7. The van der Waals surface area contributed by atoms with E-state index in [-0.39, 0.29) is 5.89 Å². The Kier molecular flexibility index (Phi) is 4.26. The average Bonchev–Trinajstić information content (AvgIpc) is 3.37. The first-order valence-corrected chi connectivity index (χ1v) is 8.27. The molecule has 0 aliphatic carbocycles. The summed E-state index contributed by atoms with van der Waals surface area (Å²) in [6, 6.07) is 14.2. The molecule has 0 radical (unpaired) electrons. The molecule has 8 heteroatoms. The Morgan fingerprint density at radius 1 is 1.21 bits per heavy atom. The summed E-state index contributed by atoms with van der Waals surface area (Å²) < 4.78 is 15.3. The molecule has 0 aliphatic heterocycles.